The van der Waals surface area contributed by atoms with Gasteiger partial charge in [-0.05, 0) is 51.1 Å². The molecule has 2 N–H and O–H groups in total. The predicted octanol–water partition coefficient (Wildman–Crippen LogP) is 2.33. The molecule has 0 fully saturated rings. The van der Waals surface area contributed by atoms with E-state index in [9.17, 15) is 4.79 Å². The molecule has 0 aliphatic heterocycles. The maximum absolute atomic E-state index is 12.3. The number of hydrogen-bond donors (Lipinski definition) is 1. The summed E-state index contributed by atoms with van der Waals surface area (Å²) >= 11 is 0. The van der Waals surface area contributed by atoms with Crippen LogP contribution in [0, 0.1) is 0 Å². The molecule has 0 unspecified atom stereocenters. The first kappa shape index (κ1) is 15.0. The number of carbonyl (C=O) groups excluding carboxylic acids is 1. The van der Waals surface area contributed by atoms with Crippen molar-refractivity contribution in [2.75, 3.05) is 5.73 Å². The van der Waals surface area contributed by atoms with Gasteiger partial charge < -0.3 is 10.5 Å². The molecule has 0 aliphatic carbocycles. The Bertz CT molecular complexity index is 862. The van der Waals surface area contributed by atoms with Crippen LogP contribution in [-0.4, -0.2) is 31.4 Å². The van der Waals surface area contributed by atoms with E-state index in [2.05, 4.69) is 15.3 Å². The fourth-order valence-corrected chi connectivity index (χ4v) is 2.11. The summed E-state index contributed by atoms with van der Waals surface area (Å²) in [5.74, 6) is 0.0755. The Balaban J connectivity index is 2.07. The van der Waals surface area contributed by atoms with Gasteiger partial charge >= 0.3 is 5.97 Å². The third-order valence-electron chi connectivity index (χ3n) is 3.09. The number of carbonyl (C=O) groups is 1. The Kier molecular flexibility index (Phi) is 3.48. The van der Waals surface area contributed by atoms with Gasteiger partial charge in [0.25, 0.3) is 0 Å². The van der Waals surface area contributed by atoms with Gasteiger partial charge in [-0.15, -0.1) is 10.2 Å². The van der Waals surface area contributed by atoms with E-state index in [-0.39, 0.29) is 0 Å². The molecule has 0 amide bonds. The highest BCUT2D eigenvalue weighted by Crippen LogP contribution is 2.21. The van der Waals surface area contributed by atoms with Gasteiger partial charge in [-0.2, -0.15) is 9.61 Å². The van der Waals surface area contributed by atoms with Crippen LogP contribution >= 0.6 is 0 Å². The number of nitrogens with zero attached hydrogens (tertiary/aromatic N) is 4. The zero-order valence-electron chi connectivity index (χ0n) is 13.1. The van der Waals surface area contributed by atoms with E-state index in [0.29, 0.717) is 22.7 Å². The van der Waals surface area contributed by atoms with Gasteiger partial charge in [0, 0.05) is 17.4 Å². The fraction of sp³-hybridized carbons (Fsp3) is 0.250. The van der Waals surface area contributed by atoms with Crippen molar-refractivity contribution in [2.45, 2.75) is 26.4 Å². The highest BCUT2D eigenvalue weighted by Gasteiger charge is 2.22. The van der Waals surface area contributed by atoms with Crippen molar-refractivity contribution < 1.29 is 9.53 Å². The normalized spacial score (nSPS) is 11.6. The maximum Gasteiger partial charge on any atom is 0.342 e. The lowest BCUT2D eigenvalue weighted by Gasteiger charge is -2.19. The minimum atomic E-state index is -0.586. The van der Waals surface area contributed by atoms with E-state index in [1.54, 1.807) is 18.2 Å². The lowest BCUT2D eigenvalue weighted by atomic mass is 10.2. The SMILES string of the molecule is CC(C)(C)OC(=O)c1ccnn2c(-c3ccc(N)cc3)nnc12. The minimum Gasteiger partial charge on any atom is -0.456 e. The second-order valence-electron chi connectivity index (χ2n) is 6.13. The van der Waals surface area contributed by atoms with E-state index in [0.717, 1.165) is 5.56 Å². The summed E-state index contributed by atoms with van der Waals surface area (Å²) in [5.41, 5.74) is 7.25. The van der Waals surface area contributed by atoms with Gasteiger partial charge in [0.1, 0.15) is 11.2 Å². The van der Waals surface area contributed by atoms with E-state index in [4.69, 9.17) is 10.5 Å². The number of hydrogen-bond acceptors (Lipinski definition) is 6. The second-order valence-corrected chi connectivity index (χ2v) is 6.13. The van der Waals surface area contributed by atoms with Crippen LogP contribution < -0.4 is 5.73 Å². The van der Waals surface area contributed by atoms with E-state index >= 15 is 0 Å². The van der Waals surface area contributed by atoms with Crippen molar-refractivity contribution in [3.05, 3.63) is 42.1 Å². The third kappa shape index (κ3) is 2.98. The quantitative estimate of drug-likeness (QED) is 0.576. The molecule has 3 aromatic rings. The number of ether oxygens (including phenoxy) is 1. The molecular weight excluding hydrogens is 294 g/mol. The molecule has 0 saturated heterocycles. The van der Waals surface area contributed by atoms with Gasteiger partial charge in [0.05, 0.1) is 0 Å². The molecule has 7 heteroatoms. The third-order valence-corrected chi connectivity index (χ3v) is 3.09. The number of aromatic nitrogens is 4. The fourth-order valence-electron chi connectivity index (χ4n) is 2.11. The summed E-state index contributed by atoms with van der Waals surface area (Å²) in [5, 5.41) is 12.5. The molecule has 2 aromatic heterocycles. The Labute approximate surface area is 133 Å². The molecule has 0 atom stereocenters. The number of fused-ring (bicyclic) bond motifs is 1. The van der Waals surface area contributed by atoms with Crippen molar-refractivity contribution in [3.8, 4) is 11.4 Å². The molecule has 23 heavy (non-hydrogen) atoms. The first-order valence-corrected chi connectivity index (χ1v) is 7.15. The van der Waals surface area contributed by atoms with Gasteiger partial charge in [-0.1, -0.05) is 0 Å². The highest BCUT2D eigenvalue weighted by molar-refractivity contribution is 5.96. The molecule has 0 saturated carbocycles. The number of esters is 1. The van der Waals surface area contributed by atoms with Crippen LogP contribution in [0.3, 0.4) is 0 Å². The second kappa shape index (κ2) is 5.35. The number of nitrogen functional groups attached to an aromatic ring is 1. The van der Waals surface area contributed by atoms with Crippen LogP contribution in [0.5, 0.6) is 0 Å². The topological polar surface area (TPSA) is 95.4 Å². The van der Waals surface area contributed by atoms with E-state index < -0.39 is 11.6 Å². The number of anilines is 1. The average molecular weight is 311 g/mol. The zero-order chi connectivity index (χ0) is 16.6. The lowest BCUT2D eigenvalue weighted by Crippen LogP contribution is -2.24. The zero-order valence-corrected chi connectivity index (χ0v) is 13.1. The summed E-state index contributed by atoms with van der Waals surface area (Å²) in [4.78, 5) is 12.3. The van der Waals surface area contributed by atoms with Crippen LogP contribution in [-0.2, 0) is 4.74 Å². The summed E-state index contributed by atoms with van der Waals surface area (Å²) < 4.78 is 6.92. The Hall–Kier alpha value is -2.96. The maximum atomic E-state index is 12.3. The van der Waals surface area contributed by atoms with Gasteiger partial charge in [-0.3, -0.25) is 0 Å². The smallest absolute Gasteiger partial charge is 0.342 e. The molecule has 118 valence electrons. The summed E-state index contributed by atoms with van der Waals surface area (Å²) in [6, 6.07) is 8.77. The van der Waals surface area contributed by atoms with Crippen molar-refractivity contribution in [1.82, 2.24) is 19.8 Å². The number of benzene rings is 1. The molecule has 0 bridgehead atoms. The van der Waals surface area contributed by atoms with Crippen molar-refractivity contribution >= 4 is 17.3 Å². The van der Waals surface area contributed by atoms with Crippen molar-refractivity contribution in [1.29, 1.82) is 0 Å². The molecule has 1 aromatic carbocycles. The van der Waals surface area contributed by atoms with Crippen LogP contribution in [0.1, 0.15) is 31.1 Å². The van der Waals surface area contributed by atoms with Crippen LogP contribution in [0.15, 0.2) is 36.5 Å². The van der Waals surface area contributed by atoms with Crippen LogP contribution in [0.2, 0.25) is 0 Å². The number of nitrogens with two attached hydrogens (primary N) is 1. The standard InChI is InChI=1S/C16H17N5O2/c1-16(2,3)23-15(22)12-8-9-18-21-13(19-20-14(12)21)10-4-6-11(17)7-5-10/h4-9H,17H2,1-3H3. The molecule has 0 radical (unpaired) electrons. The van der Waals surface area contributed by atoms with Gasteiger partial charge in [0.15, 0.2) is 11.5 Å². The predicted molar refractivity (Wildman–Crippen MR) is 85.8 cm³/mol. The first-order valence-electron chi connectivity index (χ1n) is 7.15. The largest absolute Gasteiger partial charge is 0.456 e. The van der Waals surface area contributed by atoms with Crippen molar-refractivity contribution in [2.24, 2.45) is 0 Å². The molecule has 7 nitrogen and oxygen atoms in total. The molecular formula is C16H17N5O2. The first-order chi connectivity index (χ1) is 10.8. The van der Waals surface area contributed by atoms with Crippen LogP contribution in [0.25, 0.3) is 17.0 Å². The molecule has 0 spiro atoms. The summed E-state index contributed by atoms with van der Waals surface area (Å²) in [7, 11) is 0. The van der Waals surface area contributed by atoms with Gasteiger partial charge in [-0.25, -0.2) is 4.79 Å². The van der Waals surface area contributed by atoms with E-state index in [1.807, 2.05) is 32.9 Å². The average Bonchev–Trinajstić information content (AvgIpc) is 2.90. The molecule has 0 aliphatic rings. The molecule has 3 rings (SSSR count). The van der Waals surface area contributed by atoms with Crippen molar-refractivity contribution in [3.63, 3.8) is 0 Å². The Morgan fingerprint density at radius 1 is 1.13 bits per heavy atom. The minimum absolute atomic E-state index is 0.323. The van der Waals surface area contributed by atoms with Crippen LogP contribution in [0.4, 0.5) is 5.69 Å². The Morgan fingerprint density at radius 3 is 2.48 bits per heavy atom. The summed E-state index contributed by atoms with van der Waals surface area (Å²) in [6.07, 6.45) is 1.52. The summed E-state index contributed by atoms with van der Waals surface area (Å²) in [6.45, 7) is 5.44. The van der Waals surface area contributed by atoms with E-state index in [1.165, 1.54) is 10.7 Å². The highest BCUT2D eigenvalue weighted by atomic mass is 16.6. The lowest BCUT2D eigenvalue weighted by molar-refractivity contribution is 0.00709. The Morgan fingerprint density at radius 2 is 1.83 bits per heavy atom. The number of rotatable bonds is 2. The van der Waals surface area contributed by atoms with Gasteiger partial charge in [0.2, 0.25) is 0 Å². The molecule has 2 heterocycles. The monoisotopic (exact) mass is 311 g/mol.